The molecule has 1 saturated heterocycles. The van der Waals surface area contributed by atoms with Gasteiger partial charge in [-0.25, -0.2) is 4.79 Å². The molecule has 0 aliphatic carbocycles. The van der Waals surface area contributed by atoms with Gasteiger partial charge in [-0.15, -0.1) is 0 Å². The Morgan fingerprint density at radius 3 is 2.40 bits per heavy atom. The average molecular weight is 276 g/mol. The first-order valence-corrected chi connectivity index (χ1v) is 7.04. The van der Waals surface area contributed by atoms with Crippen LogP contribution in [0, 0.1) is 0 Å². The zero-order valence-corrected chi connectivity index (χ0v) is 11.7. The second kappa shape index (κ2) is 6.93. The Morgan fingerprint density at radius 2 is 1.80 bits per heavy atom. The predicted octanol–water partition coefficient (Wildman–Crippen LogP) is 2.18. The molecule has 1 amide bonds. The Morgan fingerprint density at radius 1 is 1.15 bits per heavy atom. The largest absolute Gasteiger partial charge is 0.459 e. The maximum absolute atomic E-state index is 11.5. The van der Waals surface area contributed by atoms with Crippen molar-refractivity contribution in [3.63, 3.8) is 0 Å². The van der Waals surface area contributed by atoms with E-state index in [1.807, 2.05) is 12.1 Å². The van der Waals surface area contributed by atoms with Gasteiger partial charge in [0.05, 0.1) is 6.61 Å². The molecule has 0 unspecified atom stereocenters. The second-order valence-electron chi connectivity index (χ2n) is 4.77. The normalized spacial score (nSPS) is 14.8. The lowest BCUT2D eigenvalue weighted by Gasteiger charge is -2.28. The molecule has 1 heterocycles. The van der Waals surface area contributed by atoms with Gasteiger partial charge in [0.25, 0.3) is 0 Å². The molecule has 108 valence electrons. The zero-order chi connectivity index (χ0) is 14.4. The fourth-order valence-electron chi connectivity index (χ4n) is 2.29. The van der Waals surface area contributed by atoms with Gasteiger partial charge in [-0.2, -0.15) is 0 Å². The molecule has 1 N–H and O–H groups in total. The third kappa shape index (κ3) is 3.73. The molecule has 0 spiro atoms. The highest BCUT2D eigenvalue weighted by Crippen LogP contribution is 2.21. The Hall–Kier alpha value is -2.04. The highest BCUT2D eigenvalue weighted by atomic mass is 16.5. The molecule has 1 aliphatic heterocycles. The van der Waals surface area contributed by atoms with E-state index < -0.39 is 11.9 Å². The van der Waals surface area contributed by atoms with E-state index in [1.165, 1.54) is 19.3 Å². The van der Waals surface area contributed by atoms with Crippen LogP contribution in [-0.2, 0) is 14.3 Å². The number of esters is 1. The third-order valence-corrected chi connectivity index (χ3v) is 3.31. The number of rotatable bonds is 3. The number of hydrogen-bond donors (Lipinski definition) is 1. The summed E-state index contributed by atoms with van der Waals surface area (Å²) < 4.78 is 4.64. The van der Waals surface area contributed by atoms with Crippen molar-refractivity contribution in [2.24, 2.45) is 0 Å². The van der Waals surface area contributed by atoms with Gasteiger partial charge < -0.3 is 15.0 Å². The molecule has 1 aromatic rings. The fourth-order valence-corrected chi connectivity index (χ4v) is 2.29. The van der Waals surface area contributed by atoms with Crippen molar-refractivity contribution in [2.45, 2.75) is 26.2 Å². The third-order valence-electron chi connectivity index (χ3n) is 3.31. The highest BCUT2D eigenvalue weighted by Gasteiger charge is 2.15. The summed E-state index contributed by atoms with van der Waals surface area (Å²) in [5, 5.41) is 2.52. The fraction of sp³-hybridized carbons (Fsp3) is 0.467. The summed E-state index contributed by atoms with van der Waals surface area (Å²) >= 11 is 0. The van der Waals surface area contributed by atoms with E-state index >= 15 is 0 Å². The van der Waals surface area contributed by atoms with Crippen LogP contribution >= 0.6 is 0 Å². The molecule has 1 fully saturated rings. The Bertz CT molecular complexity index is 465. The van der Waals surface area contributed by atoms with Crippen molar-refractivity contribution in [1.82, 2.24) is 0 Å². The smallest absolute Gasteiger partial charge is 0.397 e. The molecule has 0 radical (unpaired) electrons. The minimum absolute atomic E-state index is 0.195. The van der Waals surface area contributed by atoms with Crippen LogP contribution in [0.4, 0.5) is 11.4 Å². The first-order chi connectivity index (χ1) is 9.70. The van der Waals surface area contributed by atoms with Crippen molar-refractivity contribution >= 4 is 23.3 Å². The predicted molar refractivity (Wildman–Crippen MR) is 77.8 cm³/mol. The van der Waals surface area contributed by atoms with Gasteiger partial charge in [-0.05, 0) is 50.5 Å². The van der Waals surface area contributed by atoms with E-state index in [2.05, 4.69) is 15.0 Å². The molecule has 5 heteroatoms. The van der Waals surface area contributed by atoms with Crippen LogP contribution in [0.15, 0.2) is 24.3 Å². The quantitative estimate of drug-likeness (QED) is 0.679. The topological polar surface area (TPSA) is 58.6 Å². The monoisotopic (exact) mass is 276 g/mol. The van der Waals surface area contributed by atoms with Gasteiger partial charge >= 0.3 is 11.9 Å². The number of ether oxygens (including phenoxy) is 1. The van der Waals surface area contributed by atoms with E-state index in [-0.39, 0.29) is 6.61 Å². The first-order valence-electron chi connectivity index (χ1n) is 7.04. The van der Waals surface area contributed by atoms with Crippen molar-refractivity contribution < 1.29 is 14.3 Å². The van der Waals surface area contributed by atoms with Gasteiger partial charge in [0.2, 0.25) is 0 Å². The molecule has 1 aromatic carbocycles. The van der Waals surface area contributed by atoms with E-state index in [0.717, 1.165) is 18.8 Å². The molecule has 20 heavy (non-hydrogen) atoms. The molecule has 0 aromatic heterocycles. The lowest BCUT2D eigenvalue weighted by atomic mass is 10.1. The second-order valence-corrected chi connectivity index (χ2v) is 4.77. The van der Waals surface area contributed by atoms with Gasteiger partial charge in [0.1, 0.15) is 0 Å². The lowest BCUT2D eigenvalue weighted by Crippen LogP contribution is -2.29. The average Bonchev–Trinajstić information content (AvgIpc) is 2.49. The number of carbonyl (C=O) groups excluding carboxylic acids is 2. The van der Waals surface area contributed by atoms with Gasteiger partial charge in [0, 0.05) is 24.5 Å². The summed E-state index contributed by atoms with van der Waals surface area (Å²) in [5.41, 5.74) is 1.75. The summed E-state index contributed by atoms with van der Waals surface area (Å²) in [7, 11) is 0. The lowest BCUT2D eigenvalue weighted by molar-refractivity contribution is -0.152. The Kier molecular flexibility index (Phi) is 4.98. The molecule has 2 rings (SSSR count). The van der Waals surface area contributed by atoms with Crippen LogP contribution in [0.5, 0.6) is 0 Å². The number of benzene rings is 1. The molecule has 1 aliphatic rings. The number of anilines is 2. The van der Waals surface area contributed by atoms with Crippen molar-refractivity contribution in [3.8, 4) is 0 Å². The summed E-state index contributed by atoms with van der Waals surface area (Å²) in [6, 6.07) is 7.54. The van der Waals surface area contributed by atoms with Crippen LogP contribution in [0.25, 0.3) is 0 Å². The minimum atomic E-state index is -0.854. The van der Waals surface area contributed by atoms with Crippen LogP contribution in [-0.4, -0.2) is 31.6 Å². The summed E-state index contributed by atoms with van der Waals surface area (Å²) in [6.45, 7) is 4.02. The first kappa shape index (κ1) is 14.4. The van der Waals surface area contributed by atoms with E-state index in [4.69, 9.17) is 0 Å². The number of amides is 1. The van der Waals surface area contributed by atoms with E-state index in [0.29, 0.717) is 5.69 Å². The standard InChI is InChI=1S/C15H20N2O3/c1-2-20-15(19)14(18)16-12-6-8-13(9-7-12)17-10-4-3-5-11-17/h6-9H,2-5,10-11H2,1H3,(H,16,18). The molecular formula is C15H20N2O3. The van der Waals surface area contributed by atoms with Crippen LogP contribution < -0.4 is 10.2 Å². The van der Waals surface area contributed by atoms with Gasteiger partial charge in [-0.3, -0.25) is 4.79 Å². The van der Waals surface area contributed by atoms with Crippen LogP contribution in [0.1, 0.15) is 26.2 Å². The molecule has 0 atom stereocenters. The Balaban J connectivity index is 1.94. The van der Waals surface area contributed by atoms with Gasteiger partial charge in [-0.1, -0.05) is 0 Å². The van der Waals surface area contributed by atoms with Crippen molar-refractivity contribution in [3.05, 3.63) is 24.3 Å². The minimum Gasteiger partial charge on any atom is -0.459 e. The summed E-state index contributed by atoms with van der Waals surface area (Å²) in [6.07, 6.45) is 3.74. The van der Waals surface area contributed by atoms with Crippen LogP contribution in [0.3, 0.4) is 0 Å². The zero-order valence-electron chi connectivity index (χ0n) is 11.7. The number of piperidine rings is 1. The maximum atomic E-state index is 11.5. The Labute approximate surface area is 118 Å². The SMILES string of the molecule is CCOC(=O)C(=O)Nc1ccc(N2CCCCC2)cc1. The van der Waals surface area contributed by atoms with E-state index in [1.54, 1.807) is 19.1 Å². The summed E-state index contributed by atoms with van der Waals surface area (Å²) in [4.78, 5) is 25.0. The van der Waals surface area contributed by atoms with Gasteiger partial charge in [0.15, 0.2) is 0 Å². The van der Waals surface area contributed by atoms with Crippen molar-refractivity contribution in [2.75, 3.05) is 29.9 Å². The molecular weight excluding hydrogens is 256 g/mol. The van der Waals surface area contributed by atoms with E-state index in [9.17, 15) is 9.59 Å². The number of carbonyl (C=O) groups is 2. The van der Waals surface area contributed by atoms with Crippen LogP contribution in [0.2, 0.25) is 0 Å². The number of nitrogens with zero attached hydrogens (tertiary/aromatic N) is 1. The molecule has 0 bridgehead atoms. The molecule has 0 saturated carbocycles. The maximum Gasteiger partial charge on any atom is 0.397 e. The summed E-state index contributed by atoms with van der Waals surface area (Å²) in [5.74, 6) is -1.59. The highest BCUT2D eigenvalue weighted by molar-refractivity contribution is 6.37. The number of nitrogens with one attached hydrogen (secondary N) is 1. The van der Waals surface area contributed by atoms with Crippen molar-refractivity contribution in [1.29, 1.82) is 0 Å². The number of hydrogen-bond acceptors (Lipinski definition) is 4. The molecule has 5 nitrogen and oxygen atoms in total.